The minimum absolute atomic E-state index is 0.0267. The third kappa shape index (κ3) is 4.77. The van der Waals surface area contributed by atoms with Gasteiger partial charge in [-0.05, 0) is 37.3 Å². The van der Waals surface area contributed by atoms with Crippen molar-refractivity contribution in [3.05, 3.63) is 69.8 Å². The molecule has 0 saturated carbocycles. The Balaban J connectivity index is 1.57. The predicted octanol–water partition coefficient (Wildman–Crippen LogP) is 1.51. The number of non-ortho nitro benzene ring substituents is 1. The molecule has 2 saturated heterocycles. The molecule has 0 bridgehead atoms. The average Bonchev–Trinajstić information content (AvgIpc) is 3.05. The molecule has 2 aromatic rings. The van der Waals surface area contributed by atoms with Crippen molar-refractivity contribution in [2.75, 3.05) is 19.6 Å². The summed E-state index contributed by atoms with van der Waals surface area (Å²) in [6.07, 6.45) is 0.751. The van der Waals surface area contributed by atoms with Gasteiger partial charge in [0.15, 0.2) is 0 Å². The van der Waals surface area contributed by atoms with Crippen LogP contribution in [-0.4, -0.2) is 70.9 Å². The van der Waals surface area contributed by atoms with E-state index in [9.17, 15) is 33.2 Å². The van der Waals surface area contributed by atoms with Crippen LogP contribution >= 0.6 is 0 Å². The highest BCUT2D eigenvalue weighted by Crippen LogP contribution is 2.35. The zero-order valence-corrected chi connectivity index (χ0v) is 19.9. The first-order valence-corrected chi connectivity index (χ1v) is 12.6. The van der Waals surface area contributed by atoms with Gasteiger partial charge in [-0.2, -0.15) is 4.31 Å². The molecule has 2 aliphatic rings. The van der Waals surface area contributed by atoms with Gasteiger partial charge >= 0.3 is 5.97 Å². The Morgan fingerprint density at radius 3 is 2.46 bits per heavy atom. The van der Waals surface area contributed by atoms with E-state index in [1.54, 1.807) is 6.92 Å². The molecule has 2 aliphatic heterocycles. The van der Waals surface area contributed by atoms with Crippen molar-refractivity contribution in [1.82, 2.24) is 14.5 Å². The maximum atomic E-state index is 13.3. The van der Waals surface area contributed by atoms with E-state index in [0.717, 1.165) is 11.6 Å². The van der Waals surface area contributed by atoms with Crippen molar-refractivity contribution in [2.45, 2.75) is 42.8 Å². The lowest BCUT2D eigenvalue weighted by Gasteiger charge is -2.43. The zero-order chi connectivity index (χ0) is 25.4. The third-order valence-corrected chi connectivity index (χ3v) is 8.69. The van der Waals surface area contributed by atoms with Crippen molar-refractivity contribution in [2.24, 2.45) is 0 Å². The summed E-state index contributed by atoms with van der Waals surface area (Å²) in [5.41, 5.74) is 0.00740. The second kappa shape index (κ2) is 9.36. The molecular weight excluding hydrogens is 476 g/mol. The first-order chi connectivity index (χ1) is 16.5. The smallest absolute Gasteiger partial charge is 0.323 e. The van der Waals surface area contributed by atoms with Gasteiger partial charge in [-0.15, -0.1) is 0 Å². The van der Waals surface area contributed by atoms with Crippen molar-refractivity contribution >= 4 is 27.6 Å². The SMILES string of the molecule is Cc1ccc([N+](=O)[O-])cc1S(=O)(=O)N1CCC2(CC1)NC(Cc1ccccc1)C(=O)N2CC(=O)O. The van der Waals surface area contributed by atoms with Crippen molar-refractivity contribution in [3.8, 4) is 0 Å². The maximum absolute atomic E-state index is 13.3. The van der Waals surface area contributed by atoms with Crippen LogP contribution in [0, 0.1) is 17.0 Å². The Morgan fingerprint density at radius 2 is 1.86 bits per heavy atom. The van der Waals surface area contributed by atoms with E-state index in [4.69, 9.17) is 0 Å². The van der Waals surface area contributed by atoms with Crippen LogP contribution in [0.3, 0.4) is 0 Å². The summed E-state index contributed by atoms with van der Waals surface area (Å²) in [7, 11) is -4.03. The van der Waals surface area contributed by atoms with E-state index >= 15 is 0 Å². The van der Waals surface area contributed by atoms with E-state index in [2.05, 4.69) is 5.32 Å². The molecule has 0 aliphatic carbocycles. The van der Waals surface area contributed by atoms with Crippen LogP contribution in [0.4, 0.5) is 5.69 Å². The Morgan fingerprint density at radius 1 is 1.20 bits per heavy atom. The number of nitro groups is 1. The second-order valence-electron chi connectivity index (χ2n) is 8.85. The fraction of sp³-hybridized carbons (Fsp3) is 0.391. The monoisotopic (exact) mass is 502 g/mol. The number of aliphatic carboxylic acids is 1. The average molecular weight is 503 g/mol. The summed E-state index contributed by atoms with van der Waals surface area (Å²) in [4.78, 5) is 36.4. The van der Waals surface area contributed by atoms with Gasteiger partial charge in [0.2, 0.25) is 15.9 Å². The van der Waals surface area contributed by atoms with Gasteiger partial charge in [0.25, 0.3) is 5.69 Å². The summed E-state index contributed by atoms with van der Waals surface area (Å²) in [5, 5.41) is 23.9. The second-order valence-corrected chi connectivity index (χ2v) is 10.8. The van der Waals surface area contributed by atoms with Gasteiger partial charge in [-0.3, -0.25) is 25.0 Å². The molecule has 0 aromatic heterocycles. The quantitative estimate of drug-likeness (QED) is 0.427. The molecule has 12 heteroatoms. The summed E-state index contributed by atoms with van der Waals surface area (Å²) < 4.78 is 27.9. The lowest BCUT2D eigenvalue weighted by atomic mass is 9.97. The molecule has 4 rings (SSSR count). The van der Waals surface area contributed by atoms with Crippen LogP contribution in [0.5, 0.6) is 0 Å². The minimum Gasteiger partial charge on any atom is -0.480 e. The van der Waals surface area contributed by atoms with E-state index in [-0.39, 0.29) is 42.4 Å². The fourth-order valence-corrected chi connectivity index (χ4v) is 6.53. The molecule has 2 aromatic carbocycles. The van der Waals surface area contributed by atoms with Gasteiger partial charge in [0.05, 0.1) is 21.5 Å². The van der Waals surface area contributed by atoms with Crippen LogP contribution < -0.4 is 5.32 Å². The Bertz CT molecular complexity index is 1260. The van der Waals surface area contributed by atoms with Gasteiger partial charge in [0.1, 0.15) is 6.54 Å². The van der Waals surface area contributed by atoms with Crippen LogP contribution in [0.2, 0.25) is 0 Å². The van der Waals surface area contributed by atoms with Crippen LogP contribution in [0.25, 0.3) is 0 Å². The minimum atomic E-state index is -4.03. The molecule has 35 heavy (non-hydrogen) atoms. The van der Waals surface area contributed by atoms with Crippen molar-refractivity contribution < 1.29 is 28.0 Å². The van der Waals surface area contributed by atoms with Crippen molar-refractivity contribution in [3.63, 3.8) is 0 Å². The predicted molar refractivity (Wildman–Crippen MR) is 125 cm³/mol. The molecule has 186 valence electrons. The number of rotatable bonds is 7. The summed E-state index contributed by atoms with van der Waals surface area (Å²) in [6, 6.07) is 12.4. The lowest BCUT2D eigenvalue weighted by Crippen LogP contribution is -2.60. The molecule has 1 unspecified atom stereocenters. The van der Waals surface area contributed by atoms with Crippen LogP contribution in [0.1, 0.15) is 24.0 Å². The number of hydrogen-bond donors (Lipinski definition) is 2. The van der Waals surface area contributed by atoms with E-state index in [1.165, 1.54) is 21.3 Å². The number of piperidine rings is 1. The molecule has 2 heterocycles. The molecule has 0 radical (unpaired) electrons. The van der Waals surface area contributed by atoms with Gasteiger partial charge < -0.3 is 10.0 Å². The molecule has 2 fully saturated rings. The lowest BCUT2D eigenvalue weighted by molar-refractivity contribution is -0.385. The first kappa shape index (κ1) is 24.8. The van der Waals surface area contributed by atoms with Crippen LogP contribution in [-0.2, 0) is 26.0 Å². The normalized spacial score (nSPS) is 20.3. The molecule has 11 nitrogen and oxygen atoms in total. The Kier molecular flexibility index (Phi) is 6.62. The number of nitro benzene ring substituents is 1. The fourth-order valence-electron chi connectivity index (χ4n) is 4.85. The number of amides is 1. The van der Waals surface area contributed by atoms with E-state index < -0.39 is 39.2 Å². The summed E-state index contributed by atoms with van der Waals surface area (Å²) in [6.45, 7) is 1.13. The molecule has 2 N–H and O–H groups in total. The number of carboxylic acid groups (broad SMARTS) is 1. The third-order valence-electron chi connectivity index (χ3n) is 6.65. The molecule has 1 spiro atoms. The molecule has 1 atom stereocenters. The first-order valence-electron chi connectivity index (χ1n) is 11.1. The number of carboxylic acids is 1. The highest BCUT2D eigenvalue weighted by Gasteiger charge is 2.53. The number of carbonyl (C=O) groups is 2. The van der Waals surface area contributed by atoms with Gasteiger partial charge in [-0.1, -0.05) is 36.4 Å². The number of nitrogens with one attached hydrogen (secondary N) is 1. The Hall–Kier alpha value is -3.35. The van der Waals surface area contributed by atoms with Crippen LogP contribution in [0.15, 0.2) is 53.4 Å². The zero-order valence-electron chi connectivity index (χ0n) is 19.1. The maximum Gasteiger partial charge on any atom is 0.323 e. The highest BCUT2D eigenvalue weighted by atomic mass is 32.2. The molecule has 1 amide bonds. The highest BCUT2D eigenvalue weighted by molar-refractivity contribution is 7.89. The summed E-state index contributed by atoms with van der Waals surface area (Å²) >= 11 is 0. The van der Waals surface area contributed by atoms with Gasteiger partial charge in [-0.25, -0.2) is 8.42 Å². The van der Waals surface area contributed by atoms with Crippen molar-refractivity contribution in [1.29, 1.82) is 0 Å². The topological polar surface area (TPSA) is 150 Å². The van der Waals surface area contributed by atoms with Gasteiger partial charge in [0, 0.05) is 25.2 Å². The number of carbonyl (C=O) groups excluding carboxylic acids is 1. The molecular formula is C23H26N4O7S. The largest absolute Gasteiger partial charge is 0.480 e. The number of benzene rings is 2. The number of hydrogen-bond acceptors (Lipinski definition) is 7. The number of aryl methyl sites for hydroxylation is 1. The Labute approximate surface area is 202 Å². The number of nitrogens with zero attached hydrogens (tertiary/aromatic N) is 3. The standard InChI is InChI=1S/C23H26N4O7S/c1-16-7-8-18(27(31)32)14-20(16)35(33,34)25-11-9-23(10-12-25)24-19(13-17-5-3-2-4-6-17)22(30)26(23)15-21(28)29/h2-8,14,19,24H,9-13,15H2,1H3,(H,28,29). The number of sulfonamides is 1. The van der Waals surface area contributed by atoms with E-state index in [1.807, 2.05) is 30.3 Å². The van der Waals surface area contributed by atoms with E-state index in [0.29, 0.717) is 12.0 Å². The summed E-state index contributed by atoms with van der Waals surface area (Å²) in [5.74, 6) is -1.48.